The van der Waals surface area contributed by atoms with Gasteiger partial charge in [0.2, 0.25) is 11.9 Å². The van der Waals surface area contributed by atoms with Gasteiger partial charge in [0, 0.05) is 21.8 Å². The molecule has 8 heteroatoms. The van der Waals surface area contributed by atoms with Gasteiger partial charge in [-0.25, -0.2) is 0 Å². The van der Waals surface area contributed by atoms with Gasteiger partial charge in [0.05, 0.1) is 13.2 Å². The minimum atomic E-state index is 0.160. The Labute approximate surface area is 123 Å². The number of thiophene rings is 1. The van der Waals surface area contributed by atoms with E-state index in [0.717, 1.165) is 4.47 Å². The highest BCUT2D eigenvalue weighted by Crippen LogP contribution is 2.22. The quantitative estimate of drug-likeness (QED) is 0.897. The number of ether oxygens (including phenoxy) is 1. The van der Waals surface area contributed by atoms with E-state index in [1.807, 2.05) is 24.3 Å². The minimum absolute atomic E-state index is 0.160. The first-order valence-corrected chi connectivity index (χ1v) is 7.34. The van der Waals surface area contributed by atoms with Gasteiger partial charge in [-0.1, -0.05) is 0 Å². The molecular weight excluding hydrogens is 330 g/mol. The molecule has 19 heavy (non-hydrogen) atoms. The molecule has 2 N–H and O–H groups in total. The Balaban J connectivity index is 2.15. The summed E-state index contributed by atoms with van der Waals surface area (Å²) in [6, 6.07) is 2.32. The van der Waals surface area contributed by atoms with Gasteiger partial charge in [-0.3, -0.25) is 0 Å². The van der Waals surface area contributed by atoms with Gasteiger partial charge >= 0.3 is 6.01 Å². The number of hydrogen-bond acceptors (Lipinski definition) is 7. The van der Waals surface area contributed by atoms with Crippen LogP contribution in [0.4, 0.5) is 11.9 Å². The van der Waals surface area contributed by atoms with Crippen LogP contribution in [0, 0.1) is 0 Å². The molecule has 0 saturated heterocycles. The molecule has 0 bridgehead atoms. The zero-order valence-electron chi connectivity index (χ0n) is 10.6. The van der Waals surface area contributed by atoms with Crippen molar-refractivity contribution in [1.82, 2.24) is 15.0 Å². The van der Waals surface area contributed by atoms with Crippen LogP contribution in [0.15, 0.2) is 15.9 Å². The van der Waals surface area contributed by atoms with E-state index in [9.17, 15) is 0 Å². The summed E-state index contributed by atoms with van der Waals surface area (Å²) < 4.78 is 6.33. The van der Waals surface area contributed by atoms with E-state index in [4.69, 9.17) is 10.5 Å². The first-order valence-electron chi connectivity index (χ1n) is 5.67. The Hall–Kier alpha value is -1.41. The van der Waals surface area contributed by atoms with E-state index in [0.29, 0.717) is 19.1 Å². The van der Waals surface area contributed by atoms with Crippen LogP contribution in [0.5, 0.6) is 6.01 Å². The van der Waals surface area contributed by atoms with Crippen molar-refractivity contribution in [1.29, 1.82) is 0 Å². The molecule has 0 unspecified atom stereocenters. The molecule has 0 atom stereocenters. The van der Waals surface area contributed by atoms with E-state index < -0.39 is 0 Å². The minimum Gasteiger partial charge on any atom is -0.464 e. The lowest BCUT2D eigenvalue weighted by Gasteiger charge is -2.16. The Morgan fingerprint density at radius 2 is 2.21 bits per heavy atom. The van der Waals surface area contributed by atoms with Crippen LogP contribution in [-0.2, 0) is 6.54 Å². The summed E-state index contributed by atoms with van der Waals surface area (Å²) in [5, 5.41) is 2.04. The summed E-state index contributed by atoms with van der Waals surface area (Å²) in [6.07, 6.45) is 0. The molecule has 2 heterocycles. The number of nitrogen functional groups attached to an aromatic ring is 1. The van der Waals surface area contributed by atoms with E-state index >= 15 is 0 Å². The lowest BCUT2D eigenvalue weighted by Crippen LogP contribution is -2.20. The maximum Gasteiger partial charge on any atom is 0.323 e. The highest BCUT2D eigenvalue weighted by molar-refractivity contribution is 9.10. The first kappa shape index (κ1) is 14.0. The molecular formula is C11H14BrN5OS. The molecule has 0 aliphatic rings. The molecule has 0 aliphatic carbocycles. The predicted molar refractivity (Wildman–Crippen MR) is 79.5 cm³/mol. The van der Waals surface area contributed by atoms with Crippen molar-refractivity contribution in [2.75, 3.05) is 24.3 Å². The lowest BCUT2D eigenvalue weighted by molar-refractivity contribution is 0.312. The molecule has 102 valence electrons. The van der Waals surface area contributed by atoms with Crippen LogP contribution in [0.3, 0.4) is 0 Å². The van der Waals surface area contributed by atoms with E-state index in [1.165, 1.54) is 4.88 Å². The van der Waals surface area contributed by atoms with Gasteiger partial charge in [0.1, 0.15) is 0 Å². The second-order valence-corrected chi connectivity index (χ2v) is 5.71. The third-order valence-corrected chi connectivity index (χ3v) is 3.93. The van der Waals surface area contributed by atoms with Gasteiger partial charge in [-0.15, -0.1) is 11.3 Å². The molecule has 0 spiro atoms. The molecule has 6 nitrogen and oxygen atoms in total. The zero-order chi connectivity index (χ0) is 13.8. The third kappa shape index (κ3) is 3.77. The monoisotopic (exact) mass is 343 g/mol. The van der Waals surface area contributed by atoms with E-state index in [1.54, 1.807) is 11.3 Å². The van der Waals surface area contributed by atoms with Crippen LogP contribution in [0.2, 0.25) is 0 Å². The average molecular weight is 344 g/mol. The number of hydrogen-bond donors (Lipinski definition) is 1. The Morgan fingerprint density at radius 3 is 2.84 bits per heavy atom. The summed E-state index contributed by atoms with van der Waals surface area (Å²) in [6.45, 7) is 3.06. The smallest absolute Gasteiger partial charge is 0.323 e. The Bertz CT molecular complexity index is 562. The maximum absolute atomic E-state index is 5.65. The van der Waals surface area contributed by atoms with Crippen LogP contribution >= 0.6 is 27.3 Å². The number of aromatic nitrogens is 3. The molecule has 2 aromatic rings. The number of halogens is 1. The molecule has 2 aromatic heterocycles. The van der Waals surface area contributed by atoms with Crippen LogP contribution in [0.25, 0.3) is 0 Å². The normalized spacial score (nSPS) is 10.5. The van der Waals surface area contributed by atoms with Crippen LogP contribution in [-0.4, -0.2) is 28.6 Å². The maximum atomic E-state index is 5.65. The fourth-order valence-electron chi connectivity index (χ4n) is 1.47. The van der Waals surface area contributed by atoms with Crippen molar-refractivity contribution in [3.8, 4) is 6.01 Å². The van der Waals surface area contributed by atoms with Gasteiger partial charge < -0.3 is 15.4 Å². The highest BCUT2D eigenvalue weighted by Gasteiger charge is 2.11. The zero-order valence-corrected chi connectivity index (χ0v) is 13.0. The Kier molecular flexibility index (Phi) is 4.54. The summed E-state index contributed by atoms with van der Waals surface area (Å²) in [7, 11) is 1.90. The molecule has 0 saturated carbocycles. The lowest BCUT2D eigenvalue weighted by atomic mass is 10.4. The van der Waals surface area contributed by atoms with E-state index in [2.05, 4.69) is 36.9 Å². The molecule has 0 fully saturated rings. The summed E-state index contributed by atoms with van der Waals surface area (Å²) in [5.41, 5.74) is 5.65. The SMILES string of the molecule is CCOc1nc(N)nc(N(C)Cc2cc(Br)cs2)n1. The molecule has 0 radical (unpaired) electrons. The van der Waals surface area contributed by atoms with Crippen molar-refractivity contribution < 1.29 is 4.74 Å². The topological polar surface area (TPSA) is 77.2 Å². The average Bonchev–Trinajstić information content (AvgIpc) is 2.74. The van der Waals surface area contributed by atoms with Crippen molar-refractivity contribution in [2.24, 2.45) is 0 Å². The van der Waals surface area contributed by atoms with Gasteiger partial charge in [0.25, 0.3) is 0 Å². The number of rotatable bonds is 5. The van der Waals surface area contributed by atoms with E-state index in [-0.39, 0.29) is 12.0 Å². The molecule has 0 aliphatic heterocycles. The summed E-state index contributed by atoms with van der Waals surface area (Å²) in [4.78, 5) is 15.4. The molecule has 0 amide bonds. The summed E-state index contributed by atoms with van der Waals surface area (Å²) >= 11 is 5.10. The second kappa shape index (κ2) is 6.16. The summed E-state index contributed by atoms with van der Waals surface area (Å²) in [5.74, 6) is 0.660. The number of nitrogens with zero attached hydrogens (tertiary/aromatic N) is 4. The fourth-order valence-corrected chi connectivity index (χ4v) is 2.97. The standard InChI is InChI=1S/C11H14BrN5OS/c1-3-18-11-15-9(13)14-10(16-11)17(2)5-8-4-7(12)6-19-8/h4,6H,3,5H2,1-2H3,(H2,13,14,15,16). The van der Waals surface area contributed by atoms with Crippen molar-refractivity contribution in [2.45, 2.75) is 13.5 Å². The fraction of sp³-hybridized carbons (Fsp3) is 0.364. The van der Waals surface area contributed by atoms with Crippen LogP contribution < -0.4 is 15.4 Å². The van der Waals surface area contributed by atoms with Crippen molar-refractivity contribution in [3.63, 3.8) is 0 Å². The Morgan fingerprint density at radius 1 is 1.42 bits per heavy atom. The molecule has 0 aromatic carbocycles. The van der Waals surface area contributed by atoms with Crippen molar-refractivity contribution in [3.05, 3.63) is 20.8 Å². The first-order chi connectivity index (χ1) is 9.08. The predicted octanol–water partition coefficient (Wildman–Crippen LogP) is 2.31. The molecule has 2 rings (SSSR count). The van der Waals surface area contributed by atoms with Gasteiger partial charge in [-0.05, 0) is 28.9 Å². The highest BCUT2D eigenvalue weighted by atomic mass is 79.9. The van der Waals surface area contributed by atoms with Crippen molar-refractivity contribution >= 4 is 39.2 Å². The number of anilines is 2. The third-order valence-electron chi connectivity index (χ3n) is 2.25. The largest absolute Gasteiger partial charge is 0.464 e. The van der Waals surface area contributed by atoms with Gasteiger partial charge in [-0.2, -0.15) is 15.0 Å². The van der Waals surface area contributed by atoms with Gasteiger partial charge in [0.15, 0.2) is 0 Å². The second-order valence-electron chi connectivity index (χ2n) is 3.80. The number of nitrogens with two attached hydrogens (primary N) is 1. The van der Waals surface area contributed by atoms with Crippen LogP contribution in [0.1, 0.15) is 11.8 Å².